The average molecular weight is 441 g/mol. The van der Waals surface area contributed by atoms with E-state index in [1.165, 1.54) is 0 Å². The van der Waals surface area contributed by atoms with E-state index in [1.807, 2.05) is 60.7 Å². The van der Waals surface area contributed by atoms with Gasteiger partial charge in [-0.2, -0.15) is 0 Å². The summed E-state index contributed by atoms with van der Waals surface area (Å²) in [6.45, 7) is 2.29. The van der Waals surface area contributed by atoms with Gasteiger partial charge in [-0.25, -0.2) is 0 Å². The third-order valence-corrected chi connectivity index (χ3v) is 5.22. The fourth-order valence-electron chi connectivity index (χ4n) is 3.10. The lowest BCUT2D eigenvalue weighted by molar-refractivity contribution is -0.133. The van der Waals surface area contributed by atoms with Gasteiger partial charge in [0.2, 0.25) is 11.8 Å². The Morgan fingerprint density at radius 2 is 1.00 bits per heavy atom. The second-order valence-electron chi connectivity index (χ2n) is 7.87. The Morgan fingerprint density at radius 1 is 0.625 bits per heavy atom. The number of carbonyl (C=O) groups excluding carboxylic acids is 2. The van der Waals surface area contributed by atoms with Gasteiger partial charge < -0.3 is 19.3 Å². The molecule has 2 aromatic carbocycles. The summed E-state index contributed by atoms with van der Waals surface area (Å²) in [4.78, 5) is 28.0. The largest absolute Gasteiger partial charge is 0.494 e. The number of likely N-dealkylation sites (N-methyl/N-ethyl adjacent to an activating group) is 2. The molecule has 2 aromatic rings. The molecule has 0 radical (unpaired) electrons. The Kier molecular flexibility index (Phi) is 11.7. The van der Waals surface area contributed by atoms with E-state index < -0.39 is 0 Å². The predicted octanol–water partition coefficient (Wildman–Crippen LogP) is 4.40. The highest BCUT2D eigenvalue weighted by Crippen LogP contribution is 2.11. The van der Waals surface area contributed by atoms with Crippen LogP contribution in [0.2, 0.25) is 0 Å². The highest BCUT2D eigenvalue weighted by Gasteiger charge is 2.12. The maximum absolute atomic E-state index is 12.3. The van der Waals surface area contributed by atoms with Crippen LogP contribution in [0.1, 0.15) is 38.5 Å². The zero-order valence-electron chi connectivity index (χ0n) is 19.4. The van der Waals surface area contributed by atoms with Gasteiger partial charge in [-0.05, 0) is 49.9 Å². The topological polar surface area (TPSA) is 59.1 Å². The van der Waals surface area contributed by atoms with Crippen LogP contribution in [-0.2, 0) is 9.59 Å². The molecule has 0 heterocycles. The maximum atomic E-state index is 12.3. The van der Waals surface area contributed by atoms with Crippen molar-refractivity contribution >= 4 is 11.8 Å². The SMILES string of the molecule is CN(CCN(C)C(=O)CCCCOc1ccccc1)C(=O)CCCCOc1ccccc1. The molecule has 0 atom stereocenters. The van der Waals surface area contributed by atoms with E-state index >= 15 is 0 Å². The first-order valence-electron chi connectivity index (χ1n) is 11.4. The van der Waals surface area contributed by atoms with Crippen LogP contribution in [-0.4, -0.2) is 62.0 Å². The van der Waals surface area contributed by atoms with Crippen LogP contribution in [0.3, 0.4) is 0 Å². The van der Waals surface area contributed by atoms with Crippen molar-refractivity contribution < 1.29 is 19.1 Å². The fourth-order valence-corrected chi connectivity index (χ4v) is 3.10. The van der Waals surface area contributed by atoms with Crippen molar-refractivity contribution in [3.8, 4) is 11.5 Å². The number of benzene rings is 2. The Bertz CT molecular complexity index is 715. The molecule has 0 spiro atoms. The Balaban J connectivity index is 1.49. The summed E-state index contributed by atoms with van der Waals surface area (Å²) in [6.07, 6.45) is 4.23. The minimum Gasteiger partial charge on any atom is -0.494 e. The third kappa shape index (κ3) is 10.3. The van der Waals surface area contributed by atoms with Crippen LogP contribution in [0.4, 0.5) is 0 Å². The molecule has 0 fully saturated rings. The van der Waals surface area contributed by atoms with Crippen LogP contribution in [0.15, 0.2) is 60.7 Å². The first kappa shape index (κ1) is 25.2. The molecule has 0 aliphatic heterocycles. The summed E-state index contributed by atoms with van der Waals surface area (Å²) < 4.78 is 11.3. The lowest BCUT2D eigenvalue weighted by atomic mass is 10.2. The first-order chi connectivity index (χ1) is 15.6. The van der Waals surface area contributed by atoms with E-state index in [4.69, 9.17) is 9.47 Å². The number of amides is 2. The number of rotatable bonds is 15. The molecule has 174 valence electrons. The third-order valence-electron chi connectivity index (χ3n) is 5.22. The van der Waals surface area contributed by atoms with Crippen LogP contribution in [0.5, 0.6) is 11.5 Å². The molecule has 6 nitrogen and oxygen atoms in total. The molecule has 6 heteroatoms. The van der Waals surface area contributed by atoms with Crippen LogP contribution < -0.4 is 9.47 Å². The van der Waals surface area contributed by atoms with Gasteiger partial charge in [0.1, 0.15) is 11.5 Å². The molecule has 0 N–H and O–H groups in total. The summed E-state index contributed by atoms with van der Waals surface area (Å²) in [5.41, 5.74) is 0. The second kappa shape index (κ2) is 14.9. The lowest BCUT2D eigenvalue weighted by Gasteiger charge is -2.22. The molecule has 2 rings (SSSR count). The van der Waals surface area contributed by atoms with Gasteiger partial charge in [0.05, 0.1) is 13.2 Å². The average Bonchev–Trinajstić information content (AvgIpc) is 2.82. The predicted molar refractivity (Wildman–Crippen MR) is 127 cm³/mol. The van der Waals surface area contributed by atoms with Gasteiger partial charge in [-0.1, -0.05) is 36.4 Å². The summed E-state index contributed by atoms with van der Waals surface area (Å²) in [5, 5.41) is 0. The maximum Gasteiger partial charge on any atom is 0.222 e. The van der Waals surface area contributed by atoms with Crippen molar-refractivity contribution in [2.24, 2.45) is 0 Å². The fraction of sp³-hybridized carbons (Fsp3) is 0.462. The van der Waals surface area contributed by atoms with Crippen molar-refractivity contribution in [3.05, 3.63) is 60.7 Å². The van der Waals surface area contributed by atoms with Crippen LogP contribution in [0.25, 0.3) is 0 Å². The number of nitrogens with zero attached hydrogens (tertiary/aromatic N) is 2. The molecule has 0 aromatic heterocycles. The number of hydrogen-bond acceptors (Lipinski definition) is 4. The first-order valence-corrected chi connectivity index (χ1v) is 11.4. The zero-order chi connectivity index (χ0) is 23.0. The summed E-state index contributed by atoms with van der Waals surface area (Å²) in [5.74, 6) is 1.91. The molecule has 2 amide bonds. The molecule has 0 saturated heterocycles. The molecule has 0 aliphatic carbocycles. The van der Waals surface area contributed by atoms with Gasteiger partial charge in [0.25, 0.3) is 0 Å². The van der Waals surface area contributed by atoms with Crippen molar-refractivity contribution in [3.63, 3.8) is 0 Å². The monoisotopic (exact) mass is 440 g/mol. The number of unbranched alkanes of at least 4 members (excludes halogenated alkanes) is 2. The van der Waals surface area contributed by atoms with E-state index in [0.717, 1.165) is 37.2 Å². The molecule has 0 aliphatic rings. The molecular formula is C26H36N2O4. The normalized spacial score (nSPS) is 10.4. The van der Waals surface area contributed by atoms with Crippen molar-refractivity contribution in [2.45, 2.75) is 38.5 Å². The van der Waals surface area contributed by atoms with Gasteiger partial charge in [0.15, 0.2) is 0 Å². The Labute approximate surface area is 192 Å². The van der Waals surface area contributed by atoms with Gasteiger partial charge in [-0.15, -0.1) is 0 Å². The van der Waals surface area contributed by atoms with Gasteiger partial charge >= 0.3 is 0 Å². The van der Waals surface area contributed by atoms with E-state index in [1.54, 1.807) is 23.9 Å². The number of hydrogen-bond donors (Lipinski definition) is 0. The highest BCUT2D eigenvalue weighted by molar-refractivity contribution is 5.77. The van der Waals surface area contributed by atoms with Crippen LogP contribution in [0, 0.1) is 0 Å². The Morgan fingerprint density at radius 3 is 1.38 bits per heavy atom. The van der Waals surface area contributed by atoms with Gasteiger partial charge in [-0.3, -0.25) is 9.59 Å². The molecule has 0 bridgehead atoms. The number of para-hydroxylation sites is 2. The molecule has 32 heavy (non-hydrogen) atoms. The van der Waals surface area contributed by atoms with Gasteiger partial charge in [0, 0.05) is 40.0 Å². The van der Waals surface area contributed by atoms with Crippen molar-refractivity contribution in [1.29, 1.82) is 0 Å². The Hall–Kier alpha value is -3.02. The van der Waals surface area contributed by atoms with E-state index in [2.05, 4.69) is 0 Å². The second-order valence-corrected chi connectivity index (χ2v) is 7.87. The highest BCUT2D eigenvalue weighted by atomic mass is 16.5. The smallest absolute Gasteiger partial charge is 0.222 e. The molecular weight excluding hydrogens is 404 g/mol. The summed E-state index contributed by atoms with van der Waals surface area (Å²) in [7, 11) is 3.59. The van der Waals surface area contributed by atoms with Crippen LogP contribution >= 0.6 is 0 Å². The number of ether oxygens (including phenoxy) is 2. The van der Waals surface area contributed by atoms with E-state index in [0.29, 0.717) is 39.1 Å². The van der Waals surface area contributed by atoms with Crippen molar-refractivity contribution in [2.75, 3.05) is 40.4 Å². The molecule has 0 saturated carbocycles. The quantitative estimate of drug-likeness (QED) is 0.385. The minimum atomic E-state index is 0.101. The minimum absolute atomic E-state index is 0.101. The molecule has 0 unspecified atom stereocenters. The standard InChI is InChI=1S/C26H36N2O4/c1-27(25(29)17-9-11-21-31-23-13-5-3-6-14-23)19-20-28(2)26(30)18-10-12-22-32-24-15-7-4-8-16-24/h3-8,13-16H,9-12,17-22H2,1-2H3. The van der Waals surface area contributed by atoms with Crippen molar-refractivity contribution in [1.82, 2.24) is 9.80 Å². The van der Waals surface area contributed by atoms with E-state index in [-0.39, 0.29) is 11.8 Å². The zero-order valence-corrected chi connectivity index (χ0v) is 19.4. The summed E-state index contributed by atoms with van der Waals surface area (Å²) in [6, 6.07) is 19.4. The lowest BCUT2D eigenvalue weighted by Crippen LogP contribution is -2.37. The number of carbonyl (C=O) groups is 2. The van der Waals surface area contributed by atoms with E-state index in [9.17, 15) is 9.59 Å². The summed E-state index contributed by atoms with van der Waals surface area (Å²) >= 11 is 0.